The Morgan fingerprint density at radius 1 is 1.13 bits per heavy atom. The number of hydrogen-bond acceptors (Lipinski definition) is 5. The molecule has 0 saturated carbocycles. The van der Waals surface area contributed by atoms with Gasteiger partial charge in [0.15, 0.2) is 5.78 Å². The summed E-state index contributed by atoms with van der Waals surface area (Å²) in [7, 11) is 0. The molecule has 1 aromatic heterocycles. The Hall–Kier alpha value is -2.53. The molecule has 116 valence electrons. The molecule has 0 spiro atoms. The zero-order valence-electron chi connectivity index (χ0n) is 12.6. The van der Waals surface area contributed by atoms with E-state index in [2.05, 4.69) is 4.98 Å². The molecule has 1 heterocycles. The molecule has 23 heavy (non-hydrogen) atoms. The van der Waals surface area contributed by atoms with E-state index < -0.39 is 0 Å². The van der Waals surface area contributed by atoms with Gasteiger partial charge in [-0.1, -0.05) is 24.3 Å². The van der Waals surface area contributed by atoms with Crippen LogP contribution in [0.5, 0.6) is 5.75 Å². The van der Waals surface area contributed by atoms with E-state index in [1.165, 1.54) is 6.92 Å². The fraction of sp³-hybridized carbons (Fsp3) is 0.167. The lowest BCUT2D eigenvalue weighted by Gasteiger charge is -2.04. The molecule has 0 radical (unpaired) electrons. The highest BCUT2D eigenvalue weighted by atomic mass is 32.1. The second-order valence-electron chi connectivity index (χ2n) is 5.13. The summed E-state index contributed by atoms with van der Waals surface area (Å²) in [5, 5.41) is 0.917. The number of hydrogen-bond donors (Lipinski definition) is 0. The zero-order valence-corrected chi connectivity index (χ0v) is 13.4. The van der Waals surface area contributed by atoms with Crippen molar-refractivity contribution in [3.05, 3.63) is 59.1 Å². The smallest absolute Gasteiger partial charge is 0.311 e. The first kappa shape index (κ1) is 15.4. The number of thiazole rings is 1. The van der Waals surface area contributed by atoms with Crippen molar-refractivity contribution in [1.82, 2.24) is 4.98 Å². The van der Waals surface area contributed by atoms with Gasteiger partial charge in [-0.15, -0.1) is 11.3 Å². The van der Waals surface area contributed by atoms with Crippen LogP contribution >= 0.6 is 11.3 Å². The summed E-state index contributed by atoms with van der Waals surface area (Å²) in [5.41, 5.74) is 1.48. The van der Waals surface area contributed by atoms with Gasteiger partial charge in [0.2, 0.25) is 0 Å². The normalized spacial score (nSPS) is 10.7. The lowest BCUT2D eigenvalue weighted by atomic mass is 10.1. The van der Waals surface area contributed by atoms with E-state index in [4.69, 9.17) is 4.74 Å². The minimum atomic E-state index is -0.329. The molecule has 0 aliphatic heterocycles. The van der Waals surface area contributed by atoms with Gasteiger partial charge in [-0.3, -0.25) is 9.59 Å². The third-order valence-corrected chi connectivity index (χ3v) is 4.45. The highest BCUT2D eigenvalue weighted by molar-refractivity contribution is 7.18. The average molecular weight is 325 g/mol. The maximum atomic E-state index is 12.0. The lowest BCUT2D eigenvalue weighted by Crippen LogP contribution is -2.09. The molecular formula is C18H15NO3S. The first-order valence-electron chi connectivity index (χ1n) is 7.28. The number of Topliss-reactive ketones (excluding diaryl/α,β-unsaturated/α-hetero) is 1. The van der Waals surface area contributed by atoms with Crippen LogP contribution in [0.3, 0.4) is 0 Å². The molecule has 0 fully saturated rings. The second-order valence-corrected chi connectivity index (χ2v) is 6.25. The molecule has 3 rings (SSSR count). The molecule has 0 saturated heterocycles. The third-order valence-electron chi connectivity index (χ3n) is 3.35. The Kier molecular flexibility index (Phi) is 4.48. The number of aryl methyl sites for hydroxylation is 1. The third kappa shape index (κ3) is 3.81. The van der Waals surface area contributed by atoms with Gasteiger partial charge in [-0.05, 0) is 31.2 Å². The summed E-state index contributed by atoms with van der Waals surface area (Å²) in [6.45, 7) is 1.48. The van der Waals surface area contributed by atoms with Crippen molar-refractivity contribution in [2.24, 2.45) is 0 Å². The fourth-order valence-electron chi connectivity index (χ4n) is 2.20. The number of ether oxygens (including phenoxy) is 1. The average Bonchev–Trinajstić information content (AvgIpc) is 2.96. The van der Waals surface area contributed by atoms with Crippen molar-refractivity contribution < 1.29 is 14.3 Å². The number of carbonyl (C=O) groups excluding carboxylic acids is 2. The first-order chi connectivity index (χ1) is 11.1. The number of rotatable bonds is 5. The maximum Gasteiger partial charge on any atom is 0.311 e. The Balaban J connectivity index is 1.61. The van der Waals surface area contributed by atoms with Gasteiger partial charge in [0, 0.05) is 12.0 Å². The summed E-state index contributed by atoms with van der Waals surface area (Å²) in [5.74, 6) is 0.00864. The van der Waals surface area contributed by atoms with E-state index in [0.29, 0.717) is 17.7 Å². The highest BCUT2D eigenvalue weighted by Gasteiger charge is 2.10. The van der Waals surface area contributed by atoms with Crippen LogP contribution in [0, 0.1) is 0 Å². The van der Waals surface area contributed by atoms with E-state index in [-0.39, 0.29) is 18.2 Å². The summed E-state index contributed by atoms with van der Waals surface area (Å²) >= 11 is 1.59. The number of para-hydroxylation sites is 1. The molecule has 0 bridgehead atoms. The predicted molar refractivity (Wildman–Crippen MR) is 90.0 cm³/mol. The van der Waals surface area contributed by atoms with Crippen molar-refractivity contribution >= 4 is 33.3 Å². The van der Waals surface area contributed by atoms with Crippen molar-refractivity contribution in [3.63, 3.8) is 0 Å². The van der Waals surface area contributed by atoms with Crippen LogP contribution in [0.4, 0.5) is 0 Å². The fourth-order valence-corrected chi connectivity index (χ4v) is 3.16. The van der Waals surface area contributed by atoms with Crippen LogP contribution in [0.2, 0.25) is 0 Å². The topological polar surface area (TPSA) is 56.3 Å². The molecule has 0 amide bonds. The van der Waals surface area contributed by atoms with Crippen molar-refractivity contribution in [2.75, 3.05) is 0 Å². The van der Waals surface area contributed by atoms with Gasteiger partial charge in [-0.2, -0.15) is 0 Å². The summed E-state index contributed by atoms with van der Waals surface area (Å²) in [6, 6.07) is 14.5. The molecule has 3 aromatic rings. The minimum Gasteiger partial charge on any atom is -0.426 e. The molecule has 0 N–H and O–H groups in total. The van der Waals surface area contributed by atoms with Gasteiger partial charge in [0.05, 0.1) is 21.6 Å². The number of aromatic nitrogens is 1. The Bertz CT molecular complexity index is 836. The van der Waals surface area contributed by atoms with Gasteiger partial charge in [0.1, 0.15) is 5.75 Å². The molecular weight excluding hydrogens is 310 g/mol. The zero-order chi connectivity index (χ0) is 16.2. The van der Waals surface area contributed by atoms with Crippen LogP contribution in [0.25, 0.3) is 10.2 Å². The van der Waals surface area contributed by atoms with E-state index >= 15 is 0 Å². The van der Waals surface area contributed by atoms with Crippen molar-refractivity contribution in [2.45, 2.75) is 19.8 Å². The Labute approximate surface area is 137 Å². The highest BCUT2D eigenvalue weighted by Crippen LogP contribution is 2.22. The van der Waals surface area contributed by atoms with E-state index in [1.807, 2.05) is 24.3 Å². The molecule has 0 unspecified atom stereocenters. The standard InChI is InChI=1S/C18H15NO3S/c1-12(20)13-5-4-6-14(11-13)22-18(21)10-9-17-19-15-7-2-3-8-16(15)23-17/h2-8,11H,9-10H2,1H3. The SMILES string of the molecule is CC(=O)c1cccc(OC(=O)CCc2nc3ccccc3s2)c1. The van der Waals surface area contributed by atoms with Gasteiger partial charge < -0.3 is 4.74 Å². The van der Waals surface area contributed by atoms with Crippen LogP contribution in [0.1, 0.15) is 28.7 Å². The summed E-state index contributed by atoms with van der Waals surface area (Å²) in [6.07, 6.45) is 0.800. The van der Waals surface area contributed by atoms with Crippen molar-refractivity contribution in [3.8, 4) is 5.75 Å². The van der Waals surface area contributed by atoms with Crippen LogP contribution < -0.4 is 4.74 Å². The van der Waals surface area contributed by atoms with Crippen LogP contribution in [0.15, 0.2) is 48.5 Å². The maximum absolute atomic E-state index is 12.0. The monoisotopic (exact) mass is 325 g/mol. The number of ketones is 1. The molecule has 0 atom stereocenters. The molecule has 5 heteroatoms. The molecule has 0 aliphatic rings. The summed E-state index contributed by atoms with van der Waals surface area (Å²) in [4.78, 5) is 27.8. The van der Waals surface area contributed by atoms with E-state index in [9.17, 15) is 9.59 Å². The lowest BCUT2D eigenvalue weighted by molar-refractivity contribution is -0.134. The van der Waals surface area contributed by atoms with E-state index in [1.54, 1.807) is 35.6 Å². The Morgan fingerprint density at radius 3 is 2.74 bits per heavy atom. The van der Waals surface area contributed by atoms with Crippen LogP contribution in [-0.2, 0) is 11.2 Å². The minimum absolute atomic E-state index is 0.0580. The van der Waals surface area contributed by atoms with Crippen LogP contribution in [-0.4, -0.2) is 16.7 Å². The molecule has 4 nitrogen and oxygen atoms in total. The van der Waals surface area contributed by atoms with Crippen molar-refractivity contribution in [1.29, 1.82) is 0 Å². The van der Waals surface area contributed by atoms with Gasteiger partial charge >= 0.3 is 5.97 Å². The van der Waals surface area contributed by atoms with Gasteiger partial charge in [-0.25, -0.2) is 4.98 Å². The molecule has 2 aromatic carbocycles. The quantitative estimate of drug-likeness (QED) is 0.403. The number of nitrogens with zero attached hydrogens (tertiary/aromatic N) is 1. The largest absolute Gasteiger partial charge is 0.426 e. The first-order valence-corrected chi connectivity index (χ1v) is 8.09. The predicted octanol–water partition coefficient (Wildman–Crippen LogP) is 4.04. The number of carbonyl (C=O) groups is 2. The number of esters is 1. The second kappa shape index (κ2) is 6.71. The summed E-state index contributed by atoms with van der Waals surface area (Å²) < 4.78 is 6.40. The number of fused-ring (bicyclic) bond motifs is 1. The Morgan fingerprint density at radius 2 is 1.96 bits per heavy atom. The number of benzene rings is 2. The van der Waals surface area contributed by atoms with E-state index in [0.717, 1.165) is 15.2 Å². The van der Waals surface area contributed by atoms with Gasteiger partial charge in [0.25, 0.3) is 0 Å². The molecule has 0 aliphatic carbocycles.